The molecule has 19 heavy (non-hydrogen) atoms. The summed E-state index contributed by atoms with van der Waals surface area (Å²) in [7, 11) is 0. The number of benzene rings is 2. The van der Waals surface area contributed by atoms with E-state index >= 15 is 0 Å². The van der Waals surface area contributed by atoms with Gasteiger partial charge in [0.15, 0.2) is 5.58 Å². The molecule has 4 heteroatoms. The van der Waals surface area contributed by atoms with Gasteiger partial charge in [-0.15, -0.1) is 0 Å². The summed E-state index contributed by atoms with van der Waals surface area (Å²) in [5.74, 6) is 0.529. The number of para-hydroxylation sites is 1. The second-order valence-corrected chi connectivity index (χ2v) is 5.06. The highest BCUT2D eigenvalue weighted by molar-refractivity contribution is 6.31. The minimum atomic E-state index is 0.529. The molecule has 2 N–H and O–H groups in total. The van der Waals surface area contributed by atoms with Crippen LogP contribution >= 0.6 is 11.6 Å². The monoisotopic (exact) mass is 272 g/mol. The lowest BCUT2D eigenvalue weighted by atomic mass is 10.1. The number of nitrogen functional groups attached to an aromatic ring is 1. The first-order valence-corrected chi connectivity index (χ1v) is 6.36. The molecular formula is C15H13ClN2O. The zero-order chi connectivity index (χ0) is 13.6. The smallest absolute Gasteiger partial charge is 0.229 e. The third-order valence-electron chi connectivity index (χ3n) is 3.20. The molecule has 0 radical (unpaired) electrons. The summed E-state index contributed by atoms with van der Waals surface area (Å²) in [5.41, 5.74) is 11.1. The van der Waals surface area contributed by atoms with Gasteiger partial charge < -0.3 is 10.2 Å². The molecular weight excluding hydrogens is 260 g/mol. The van der Waals surface area contributed by atoms with Crippen molar-refractivity contribution in [1.29, 1.82) is 0 Å². The number of anilines is 1. The number of nitrogens with zero attached hydrogens (tertiary/aromatic N) is 1. The standard InChI is InChI=1S/C15H13ClN2O/c1-8-4-3-5-11(13(8)17)15-18-12-7-10(16)6-9(2)14(12)19-15/h3-7H,17H2,1-2H3. The van der Waals surface area contributed by atoms with E-state index in [-0.39, 0.29) is 0 Å². The van der Waals surface area contributed by atoms with Gasteiger partial charge in [0, 0.05) is 10.7 Å². The van der Waals surface area contributed by atoms with Gasteiger partial charge >= 0.3 is 0 Å². The molecule has 0 saturated carbocycles. The highest BCUT2D eigenvalue weighted by Crippen LogP contribution is 2.32. The molecule has 0 bridgehead atoms. The Morgan fingerprint density at radius 3 is 2.74 bits per heavy atom. The maximum Gasteiger partial charge on any atom is 0.229 e. The molecule has 1 heterocycles. The topological polar surface area (TPSA) is 52.0 Å². The molecule has 0 aliphatic rings. The lowest BCUT2D eigenvalue weighted by Gasteiger charge is -2.03. The Kier molecular flexibility index (Phi) is 2.72. The second-order valence-electron chi connectivity index (χ2n) is 4.63. The summed E-state index contributed by atoms with van der Waals surface area (Å²) in [6.07, 6.45) is 0. The Morgan fingerprint density at radius 1 is 1.16 bits per heavy atom. The molecule has 0 unspecified atom stereocenters. The van der Waals surface area contributed by atoms with Gasteiger partial charge in [-0.3, -0.25) is 0 Å². The Balaban J connectivity index is 2.26. The largest absolute Gasteiger partial charge is 0.436 e. The van der Waals surface area contributed by atoms with Crippen LogP contribution in [0, 0.1) is 13.8 Å². The van der Waals surface area contributed by atoms with Crippen LogP contribution in [-0.4, -0.2) is 4.98 Å². The van der Waals surface area contributed by atoms with E-state index in [2.05, 4.69) is 4.98 Å². The fourth-order valence-corrected chi connectivity index (χ4v) is 2.41. The zero-order valence-corrected chi connectivity index (χ0v) is 11.5. The molecule has 0 saturated heterocycles. The van der Waals surface area contributed by atoms with Gasteiger partial charge in [0.2, 0.25) is 5.89 Å². The number of fused-ring (bicyclic) bond motifs is 1. The lowest BCUT2D eigenvalue weighted by Crippen LogP contribution is -1.93. The van der Waals surface area contributed by atoms with Crippen molar-refractivity contribution < 1.29 is 4.42 Å². The number of aryl methyl sites for hydroxylation is 2. The van der Waals surface area contributed by atoms with Crippen molar-refractivity contribution in [3.05, 3.63) is 46.5 Å². The highest BCUT2D eigenvalue weighted by Gasteiger charge is 2.13. The van der Waals surface area contributed by atoms with Crippen molar-refractivity contribution in [2.24, 2.45) is 0 Å². The average Bonchev–Trinajstić information content (AvgIpc) is 2.76. The SMILES string of the molecule is Cc1cccc(-c2nc3cc(Cl)cc(C)c3o2)c1N. The number of oxazole rings is 1. The Morgan fingerprint density at radius 2 is 1.95 bits per heavy atom. The molecule has 0 aliphatic heterocycles. The molecule has 0 amide bonds. The summed E-state index contributed by atoms with van der Waals surface area (Å²) < 4.78 is 5.83. The van der Waals surface area contributed by atoms with Crippen molar-refractivity contribution in [3.63, 3.8) is 0 Å². The van der Waals surface area contributed by atoms with Crippen molar-refractivity contribution in [3.8, 4) is 11.5 Å². The molecule has 96 valence electrons. The normalized spacial score (nSPS) is 11.1. The maximum absolute atomic E-state index is 6.08. The van der Waals surface area contributed by atoms with Crippen LogP contribution in [0.1, 0.15) is 11.1 Å². The van der Waals surface area contributed by atoms with Gasteiger partial charge in [0.1, 0.15) is 5.52 Å². The maximum atomic E-state index is 6.08. The number of halogens is 1. The summed E-state index contributed by atoms with van der Waals surface area (Å²) in [6.45, 7) is 3.91. The van der Waals surface area contributed by atoms with Crippen molar-refractivity contribution in [1.82, 2.24) is 4.98 Å². The minimum Gasteiger partial charge on any atom is -0.436 e. The van der Waals surface area contributed by atoms with E-state index in [9.17, 15) is 0 Å². The quantitative estimate of drug-likeness (QED) is 0.670. The molecule has 0 aliphatic carbocycles. The molecule has 3 nitrogen and oxygen atoms in total. The lowest BCUT2D eigenvalue weighted by molar-refractivity contribution is 0.617. The molecule has 3 aromatic rings. The summed E-state index contributed by atoms with van der Waals surface area (Å²) in [5, 5.41) is 0.655. The Labute approximate surface area is 116 Å². The van der Waals surface area contributed by atoms with E-state index in [0.29, 0.717) is 16.6 Å². The van der Waals surface area contributed by atoms with Gasteiger partial charge in [-0.1, -0.05) is 23.7 Å². The van der Waals surface area contributed by atoms with Gasteiger partial charge in [-0.25, -0.2) is 4.98 Å². The van der Waals surface area contributed by atoms with Crippen LogP contribution in [0.3, 0.4) is 0 Å². The van der Waals surface area contributed by atoms with Crippen LogP contribution in [0.5, 0.6) is 0 Å². The highest BCUT2D eigenvalue weighted by atomic mass is 35.5. The van der Waals surface area contributed by atoms with E-state index in [1.807, 2.05) is 38.1 Å². The Hall–Kier alpha value is -2.00. The first-order valence-electron chi connectivity index (χ1n) is 5.98. The fourth-order valence-electron chi connectivity index (χ4n) is 2.14. The third kappa shape index (κ3) is 1.96. The van der Waals surface area contributed by atoms with E-state index in [0.717, 1.165) is 27.8 Å². The molecule has 2 aromatic carbocycles. The first-order chi connectivity index (χ1) is 9.06. The van der Waals surface area contributed by atoms with Crippen molar-refractivity contribution >= 4 is 28.4 Å². The number of hydrogen-bond acceptors (Lipinski definition) is 3. The van der Waals surface area contributed by atoms with Gasteiger partial charge in [0.25, 0.3) is 0 Å². The molecule has 1 aromatic heterocycles. The molecule has 3 rings (SSSR count). The van der Waals surface area contributed by atoms with Gasteiger partial charge in [0.05, 0.1) is 5.56 Å². The zero-order valence-electron chi connectivity index (χ0n) is 10.7. The van der Waals surface area contributed by atoms with Crippen LogP contribution in [0.15, 0.2) is 34.7 Å². The minimum absolute atomic E-state index is 0.529. The number of aromatic nitrogens is 1. The molecule has 0 spiro atoms. The van der Waals surface area contributed by atoms with E-state index < -0.39 is 0 Å². The summed E-state index contributed by atoms with van der Waals surface area (Å²) in [4.78, 5) is 4.48. The van der Waals surface area contributed by atoms with Crippen LogP contribution < -0.4 is 5.73 Å². The van der Waals surface area contributed by atoms with Crippen LogP contribution in [0.2, 0.25) is 5.02 Å². The first kappa shape index (κ1) is 12.1. The predicted octanol–water partition coefficient (Wildman–Crippen LogP) is 4.35. The number of nitrogens with two attached hydrogens (primary N) is 1. The van der Waals surface area contributed by atoms with Crippen LogP contribution in [0.4, 0.5) is 5.69 Å². The van der Waals surface area contributed by atoms with Crippen molar-refractivity contribution in [2.45, 2.75) is 13.8 Å². The van der Waals surface area contributed by atoms with Crippen LogP contribution in [0.25, 0.3) is 22.6 Å². The van der Waals surface area contributed by atoms with Crippen molar-refractivity contribution in [2.75, 3.05) is 5.73 Å². The number of rotatable bonds is 1. The van der Waals surface area contributed by atoms with Gasteiger partial charge in [-0.2, -0.15) is 0 Å². The predicted molar refractivity (Wildman–Crippen MR) is 78.3 cm³/mol. The second kappa shape index (κ2) is 4.28. The summed E-state index contributed by atoms with van der Waals surface area (Å²) >= 11 is 6.03. The van der Waals surface area contributed by atoms with E-state index in [1.165, 1.54) is 0 Å². The third-order valence-corrected chi connectivity index (χ3v) is 3.41. The molecule has 0 fully saturated rings. The fraction of sp³-hybridized carbons (Fsp3) is 0.133. The average molecular weight is 273 g/mol. The molecule has 0 atom stereocenters. The van der Waals surface area contributed by atoms with E-state index in [1.54, 1.807) is 6.07 Å². The summed E-state index contributed by atoms with van der Waals surface area (Å²) in [6, 6.07) is 9.46. The number of hydrogen-bond donors (Lipinski definition) is 1. The van der Waals surface area contributed by atoms with E-state index in [4.69, 9.17) is 21.8 Å². The van der Waals surface area contributed by atoms with Gasteiger partial charge in [-0.05, 0) is 43.2 Å². The van der Waals surface area contributed by atoms with Crippen LogP contribution in [-0.2, 0) is 0 Å². The Bertz CT molecular complexity index is 777.